The maximum Gasteiger partial charge on any atom is 0.142 e. The molecule has 0 spiro atoms. The van der Waals surface area contributed by atoms with E-state index in [1.165, 1.54) is 29.8 Å². The number of likely N-dealkylation sites (tertiary alicyclic amines) is 1. The molecule has 3 saturated heterocycles. The predicted molar refractivity (Wildman–Crippen MR) is 86.3 cm³/mol. The smallest absolute Gasteiger partial charge is 0.142 e. The van der Waals surface area contributed by atoms with Crippen molar-refractivity contribution in [2.75, 3.05) is 19.6 Å². The van der Waals surface area contributed by atoms with Crippen molar-refractivity contribution >= 4 is 0 Å². The number of benzene rings is 2. The molecule has 2 aromatic carbocycles. The molecule has 4 unspecified atom stereocenters. The third-order valence-electron chi connectivity index (χ3n) is 5.29. The molecule has 3 heterocycles. The SMILES string of the molecule is c1ccc(-c2ccccc2C2OC2N2CC3CNC3C2)cc1. The molecule has 0 amide bonds. The number of rotatable bonds is 3. The topological polar surface area (TPSA) is 27.8 Å². The lowest BCUT2D eigenvalue weighted by Crippen LogP contribution is -2.51. The second-order valence-electron chi connectivity index (χ2n) is 6.63. The van der Waals surface area contributed by atoms with Crippen LogP contribution in [0.1, 0.15) is 11.7 Å². The Morgan fingerprint density at radius 3 is 2.50 bits per heavy atom. The van der Waals surface area contributed by atoms with Gasteiger partial charge in [-0.25, -0.2) is 0 Å². The van der Waals surface area contributed by atoms with E-state index in [2.05, 4.69) is 64.8 Å². The highest BCUT2D eigenvalue weighted by molar-refractivity contribution is 5.68. The Labute approximate surface area is 130 Å². The fourth-order valence-corrected chi connectivity index (χ4v) is 3.93. The Hall–Kier alpha value is -1.68. The monoisotopic (exact) mass is 292 g/mol. The predicted octanol–water partition coefficient (Wildman–Crippen LogP) is 2.65. The Morgan fingerprint density at radius 2 is 1.77 bits per heavy atom. The molecule has 3 aliphatic heterocycles. The normalized spacial score (nSPS) is 33.3. The van der Waals surface area contributed by atoms with Gasteiger partial charge in [-0.05, 0) is 16.7 Å². The van der Waals surface area contributed by atoms with E-state index in [9.17, 15) is 0 Å². The summed E-state index contributed by atoms with van der Waals surface area (Å²) in [6.45, 7) is 3.50. The van der Waals surface area contributed by atoms with Crippen LogP contribution in [0.2, 0.25) is 0 Å². The first-order chi connectivity index (χ1) is 10.9. The van der Waals surface area contributed by atoms with Gasteiger partial charge in [0.2, 0.25) is 0 Å². The maximum absolute atomic E-state index is 6.07. The van der Waals surface area contributed by atoms with E-state index in [-0.39, 0.29) is 12.3 Å². The summed E-state index contributed by atoms with van der Waals surface area (Å²) >= 11 is 0. The number of hydrogen-bond donors (Lipinski definition) is 1. The van der Waals surface area contributed by atoms with Crippen molar-refractivity contribution in [3.05, 3.63) is 60.2 Å². The van der Waals surface area contributed by atoms with Crippen molar-refractivity contribution in [2.24, 2.45) is 5.92 Å². The third-order valence-corrected chi connectivity index (χ3v) is 5.29. The molecule has 2 aromatic rings. The second kappa shape index (κ2) is 4.92. The molecule has 3 fully saturated rings. The molecule has 22 heavy (non-hydrogen) atoms. The molecule has 0 aliphatic carbocycles. The summed E-state index contributed by atoms with van der Waals surface area (Å²) in [7, 11) is 0. The first-order valence-corrected chi connectivity index (χ1v) is 8.17. The average Bonchev–Trinajstić information content (AvgIpc) is 3.29. The molecular formula is C19H20N2O. The number of hydrogen-bond acceptors (Lipinski definition) is 3. The van der Waals surface area contributed by atoms with Crippen LogP contribution in [-0.4, -0.2) is 36.8 Å². The summed E-state index contributed by atoms with van der Waals surface area (Å²) in [5.41, 5.74) is 3.90. The minimum absolute atomic E-state index is 0.230. The van der Waals surface area contributed by atoms with Crippen LogP contribution in [0, 0.1) is 5.92 Å². The van der Waals surface area contributed by atoms with E-state index in [0.29, 0.717) is 6.04 Å². The van der Waals surface area contributed by atoms with Gasteiger partial charge in [-0.1, -0.05) is 54.6 Å². The first kappa shape index (κ1) is 12.8. The van der Waals surface area contributed by atoms with Crippen molar-refractivity contribution in [3.8, 4) is 11.1 Å². The van der Waals surface area contributed by atoms with E-state index in [1.54, 1.807) is 0 Å². The van der Waals surface area contributed by atoms with E-state index in [0.717, 1.165) is 12.5 Å². The zero-order chi connectivity index (χ0) is 14.5. The fraction of sp³-hybridized carbons (Fsp3) is 0.368. The van der Waals surface area contributed by atoms with Gasteiger partial charge in [-0.2, -0.15) is 0 Å². The summed E-state index contributed by atoms with van der Waals surface area (Å²) in [4.78, 5) is 2.52. The Balaban J connectivity index is 1.41. The summed E-state index contributed by atoms with van der Waals surface area (Å²) in [5, 5.41) is 3.51. The van der Waals surface area contributed by atoms with Crippen molar-refractivity contribution < 1.29 is 4.74 Å². The van der Waals surface area contributed by atoms with Crippen molar-refractivity contribution in [2.45, 2.75) is 18.4 Å². The number of nitrogens with zero attached hydrogens (tertiary/aromatic N) is 1. The lowest BCUT2D eigenvalue weighted by atomic mass is 9.96. The van der Waals surface area contributed by atoms with Crippen LogP contribution in [0.3, 0.4) is 0 Å². The number of ether oxygens (including phenoxy) is 1. The molecule has 5 rings (SSSR count). The summed E-state index contributed by atoms with van der Waals surface area (Å²) in [6, 6.07) is 20.0. The van der Waals surface area contributed by atoms with Gasteiger partial charge < -0.3 is 10.1 Å². The zero-order valence-corrected chi connectivity index (χ0v) is 12.5. The summed E-state index contributed by atoms with van der Waals surface area (Å²) < 4.78 is 6.07. The van der Waals surface area contributed by atoms with E-state index in [1.807, 2.05) is 0 Å². The molecule has 0 aromatic heterocycles. The minimum Gasteiger partial charge on any atom is -0.348 e. The maximum atomic E-state index is 6.07. The van der Waals surface area contributed by atoms with E-state index < -0.39 is 0 Å². The van der Waals surface area contributed by atoms with Crippen molar-refractivity contribution in [1.82, 2.24) is 10.2 Å². The average molecular weight is 292 g/mol. The van der Waals surface area contributed by atoms with Crippen LogP contribution < -0.4 is 5.32 Å². The number of fused-ring (bicyclic) bond motifs is 1. The molecule has 112 valence electrons. The molecule has 0 saturated carbocycles. The molecule has 0 radical (unpaired) electrons. The number of nitrogens with one attached hydrogen (secondary N) is 1. The minimum atomic E-state index is 0.230. The van der Waals surface area contributed by atoms with Gasteiger partial charge >= 0.3 is 0 Å². The van der Waals surface area contributed by atoms with E-state index >= 15 is 0 Å². The summed E-state index contributed by atoms with van der Waals surface area (Å²) in [5.74, 6) is 0.842. The van der Waals surface area contributed by atoms with Gasteiger partial charge in [0.05, 0.1) is 0 Å². The molecule has 1 N–H and O–H groups in total. The Bertz CT molecular complexity index is 675. The standard InChI is InChI=1S/C19H20N2O/c1-2-6-13(7-3-1)15-8-4-5-9-16(15)18-19(22-18)21-11-14-10-20-17(14)12-21/h1-9,14,17-20H,10-12H2. The third kappa shape index (κ3) is 2.01. The zero-order valence-electron chi connectivity index (χ0n) is 12.5. The molecule has 3 aliphatic rings. The molecular weight excluding hydrogens is 272 g/mol. The van der Waals surface area contributed by atoms with Crippen molar-refractivity contribution in [3.63, 3.8) is 0 Å². The summed E-state index contributed by atoms with van der Waals surface area (Å²) in [6.07, 6.45) is 0.506. The lowest BCUT2D eigenvalue weighted by Gasteiger charge is -2.30. The lowest BCUT2D eigenvalue weighted by molar-refractivity contribution is 0.206. The van der Waals surface area contributed by atoms with Crippen LogP contribution in [0.25, 0.3) is 11.1 Å². The van der Waals surface area contributed by atoms with Gasteiger partial charge in [0.1, 0.15) is 12.3 Å². The van der Waals surface area contributed by atoms with Gasteiger partial charge in [-0.15, -0.1) is 0 Å². The molecule has 0 bridgehead atoms. The Kier molecular flexibility index (Phi) is 2.87. The largest absolute Gasteiger partial charge is 0.348 e. The van der Waals surface area contributed by atoms with E-state index in [4.69, 9.17) is 4.74 Å². The highest BCUT2D eigenvalue weighted by atomic mass is 16.6. The highest BCUT2D eigenvalue weighted by Crippen LogP contribution is 2.46. The van der Waals surface area contributed by atoms with Gasteiger partial charge in [0.15, 0.2) is 0 Å². The molecule has 3 heteroatoms. The fourth-order valence-electron chi connectivity index (χ4n) is 3.93. The van der Waals surface area contributed by atoms with Gasteiger partial charge in [-0.3, -0.25) is 4.90 Å². The van der Waals surface area contributed by atoms with Crippen LogP contribution in [-0.2, 0) is 4.74 Å². The van der Waals surface area contributed by atoms with Gasteiger partial charge in [0.25, 0.3) is 0 Å². The quantitative estimate of drug-likeness (QED) is 0.882. The van der Waals surface area contributed by atoms with Gasteiger partial charge in [0, 0.05) is 31.6 Å². The first-order valence-electron chi connectivity index (χ1n) is 8.17. The number of epoxide rings is 1. The van der Waals surface area contributed by atoms with Crippen molar-refractivity contribution in [1.29, 1.82) is 0 Å². The Morgan fingerprint density at radius 1 is 0.955 bits per heavy atom. The van der Waals surface area contributed by atoms with Crippen LogP contribution in [0.5, 0.6) is 0 Å². The second-order valence-corrected chi connectivity index (χ2v) is 6.63. The molecule has 4 atom stereocenters. The molecule has 3 nitrogen and oxygen atoms in total. The highest BCUT2D eigenvalue weighted by Gasteiger charge is 2.51. The van der Waals surface area contributed by atoms with Crippen LogP contribution >= 0.6 is 0 Å². The van der Waals surface area contributed by atoms with Crippen LogP contribution in [0.15, 0.2) is 54.6 Å². The van der Waals surface area contributed by atoms with Crippen LogP contribution in [0.4, 0.5) is 0 Å².